The van der Waals surface area contributed by atoms with Crippen molar-refractivity contribution in [2.45, 2.75) is 13.5 Å². The predicted molar refractivity (Wildman–Crippen MR) is 109 cm³/mol. The van der Waals surface area contributed by atoms with Crippen molar-refractivity contribution in [3.05, 3.63) is 63.9 Å². The highest BCUT2D eigenvalue weighted by Crippen LogP contribution is 2.41. The number of methoxy groups -OCH3 is 1. The van der Waals surface area contributed by atoms with Gasteiger partial charge in [-0.25, -0.2) is 4.79 Å². The minimum atomic E-state index is -0.420. The Morgan fingerprint density at radius 2 is 1.93 bits per heavy atom. The molecule has 2 aromatic carbocycles. The Hall–Kier alpha value is -3.16. The van der Waals surface area contributed by atoms with E-state index in [0.717, 1.165) is 18.7 Å². The number of rotatable bonds is 4. The number of phenols is 1. The van der Waals surface area contributed by atoms with Crippen LogP contribution in [0, 0.1) is 6.92 Å². The zero-order chi connectivity index (χ0) is 21.3. The number of hydrogen-bond donors (Lipinski definition) is 2. The highest BCUT2D eigenvalue weighted by molar-refractivity contribution is 6.15. The molecule has 0 aromatic heterocycles. The maximum atomic E-state index is 13.0. The molecule has 2 aliphatic heterocycles. The third-order valence-electron chi connectivity index (χ3n) is 5.48. The average Bonchev–Trinajstić information content (AvgIpc) is 3.08. The van der Waals surface area contributed by atoms with Crippen molar-refractivity contribution in [2.24, 2.45) is 0 Å². The van der Waals surface area contributed by atoms with Gasteiger partial charge in [0.25, 0.3) is 0 Å². The molecule has 0 bridgehead atoms. The zero-order valence-corrected chi connectivity index (χ0v) is 17.0. The van der Waals surface area contributed by atoms with Crippen LogP contribution in [-0.2, 0) is 16.0 Å². The van der Waals surface area contributed by atoms with E-state index in [4.69, 9.17) is 14.2 Å². The first-order valence-corrected chi connectivity index (χ1v) is 9.87. The number of ether oxygens (including phenoxy) is 3. The minimum Gasteiger partial charge on any atom is -0.507 e. The van der Waals surface area contributed by atoms with E-state index in [1.807, 2.05) is 0 Å². The molecule has 7 nitrogen and oxygen atoms in total. The number of esters is 1. The van der Waals surface area contributed by atoms with Crippen molar-refractivity contribution in [3.63, 3.8) is 0 Å². The minimum absolute atomic E-state index is 0.140. The normalized spacial score (nSPS) is 17.7. The van der Waals surface area contributed by atoms with Crippen molar-refractivity contribution in [3.8, 4) is 11.5 Å². The number of benzene rings is 2. The summed E-state index contributed by atoms with van der Waals surface area (Å²) in [4.78, 5) is 25.9. The maximum absolute atomic E-state index is 13.0. The van der Waals surface area contributed by atoms with Crippen LogP contribution in [0.3, 0.4) is 0 Å². The van der Waals surface area contributed by atoms with Crippen LogP contribution in [0.25, 0.3) is 6.08 Å². The number of aromatic hydroxyl groups is 1. The molecule has 0 saturated carbocycles. The summed E-state index contributed by atoms with van der Waals surface area (Å²) in [5.41, 5.74) is 2.97. The van der Waals surface area contributed by atoms with Crippen molar-refractivity contribution >= 4 is 17.8 Å². The van der Waals surface area contributed by atoms with E-state index in [-0.39, 0.29) is 17.3 Å². The molecule has 30 heavy (non-hydrogen) atoms. The van der Waals surface area contributed by atoms with Crippen LogP contribution in [-0.4, -0.2) is 50.3 Å². The second-order valence-corrected chi connectivity index (χ2v) is 7.49. The zero-order valence-electron chi connectivity index (χ0n) is 17.0. The number of nitrogens with one attached hydrogen (secondary N) is 1. The largest absolute Gasteiger partial charge is 0.507 e. The van der Waals surface area contributed by atoms with Crippen molar-refractivity contribution in [1.82, 2.24) is 0 Å². The highest BCUT2D eigenvalue weighted by Gasteiger charge is 2.34. The lowest BCUT2D eigenvalue weighted by Crippen LogP contribution is -3.12. The standard InChI is InChI=1S/C23H23NO6/c1-14-11-18(25)17(13-24-7-9-29-10-8-24)22-20(14)21(26)19(30-22)12-15-3-5-16(6-4-15)23(27)28-2/h3-6,11-12,25H,7-10,13H2,1-2H3/p+1/b19-12-. The molecule has 0 amide bonds. The summed E-state index contributed by atoms with van der Waals surface area (Å²) in [6.45, 7) is 5.38. The lowest BCUT2D eigenvalue weighted by Gasteiger charge is -2.24. The molecule has 0 unspecified atom stereocenters. The van der Waals surface area contributed by atoms with E-state index in [0.29, 0.717) is 47.8 Å². The monoisotopic (exact) mass is 410 g/mol. The summed E-state index contributed by atoms with van der Waals surface area (Å²) in [6.07, 6.45) is 1.64. The summed E-state index contributed by atoms with van der Waals surface area (Å²) < 4.78 is 16.1. The Kier molecular flexibility index (Phi) is 5.57. The lowest BCUT2D eigenvalue weighted by molar-refractivity contribution is -0.921. The van der Waals surface area contributed by atoms with E-state index in [1.165, 1.54) is 12.0 Å². The fraction of sp³-hybridized carbons (Fsp3) is 0.304. The van der Waals surface area contributed by atoms with Gasteiger partial charge in [-0.2, -0.15) is 0 Å². The van der Waals surface area contributed by atoms with Crippen molar-refractivity contribution < 1.29 is 33.8 Å². The van der Waals surface area contributed by atoms with E-state index < -0.39 is 5.97 Å². The van der Waals surface area contributed by atoms with Gasteiger partial charge in [-0.05, 0) is 42.3 Å². The van der Waals surface area contributed by atoms with Crippen LogP contribution in [0.15, 0.2) is 36.1 Å². The Bertz CT molecular complexity index is 1020. The summed E-state index contributed by atoms with van der Waals surface area (Å²) in [5.74, 6) is 0.146. The molecule has 0 atom stereocenters. The quantitative estimate of drug-likeness (QED) is 0.587. The number of hydrogen-bond acceptors (Lipinski definition) is 6. The van der Waals surface area contributed by atoms with Gasteiger partial charge in [0.1, 0.15) is 25.4 Å². The summed E-state index contributed by atoms with van der Waals surface area (Å²) in [6, 6.07) is 8.34. The number of fused-ring (bicyclic) bond motifs is 1. The Morgan fingerprint density at radius 3 is 2.60 bits per heavy atom. The first-order chi connectivity index (χ1) is 14.5. The van der Waals surface area contributed by atoms with E-state index in [9.17, 15) is 14.7 Å². The van der Waals surface area contributed by atoms with Gasteiger partial charge in [-0.3, -0.25) is 4.79 Å². The number of phenolic OH excluding ortho intramolecular Hbond substituents is 1. The van der Waals surface area contributed by atoms with Crippen LogP contribution in [0.2, 0.25) is 0 Å². The average molecular weight is 410 g/mol. The summed E-state index contributed by atoms with van der Waals surface area (Å²) in [5, 5.41) is 10.6. The second-order valence-electron chi connectivity index (χ2n) is 7.49. The molecule has 7 heteroatoms. The SMILES string of the molecule is COC(=O)c1ccc(/C=C2\Oc3c(C[NH+]4CCOCC4)c(O)cc(C)c3C2=O)cc1. The van der Waals surface area contributed by atoms with Gasteiger partial charge < -0.3 is 24.2 Å². The van der Waals surface area contributed by atoms with Gasteiger partial charge in [-0.1, -0.05) is 12.1 Å². The van der Waals surface area contributed by atoms with Gasteiger partial charge in [0, 0.05) is 0 Å². The third-order valence-corrected chi connectivity index (χ3v) is 5.48. The van der Waals surface area contributed by atoms with Gasteiger partial charge in [0.2, 0.25) is 5.78 Å². The van der Waals surface area contributed by atoms with Crippen LogP contribution >= 0.6 is 0 Å². The molecular weight excluding hydrogens is 386 g/mol. The fourth-order valence-electron chi connectivity index (χ4n) is 3.82. The van der Waals surface area contributed by atoms with Crippen LogP contribution in [0.5, 0.6) is 11.5 Å². The summed E-state index contributed by atoms with van der Waals surface area (Å²) >= 11 is 0. The molecule has 156 valence electrons. The number of morpholine rings is 1. The van der Waals surface area contributed by atoms with Crippen molar-refractivity contribution in [2.75, 3.05) is 33.4 Å². The number of aryl methyl sites for hydroxylation is 1. The smallest absolute Gasteiger partial charge is 0.337 e. The van der Waals surface area contributed by atoms with Crippen LogP contribution in [0.1, 0.15) is 37.4 Å². The Labute approximate surface area is 174 Å². The van der Waals surface area contributed by atoms with Crippen molar-refractivity contribution in [1.29, 1.82) is 0 Å². The number of carbonyl (C=O) groups excluding carboxylic acids is 2. The Morgan fingerprint density at radius 1 is 1.23 bits per heavy atom. The highest BCUT2D eigenvalue weighted by atomic mass is 16.5. The van der Waals surface area contributed by atoms with Gasteiger partial charge in [0.15, 0.2) is 11.5 Å². The number of ketones is 1. The molecule has 1 saturated heterocycles. The molecule has 2 aliphatic rings. The van der Waals surface area contributed by atoms with Gasteiger partial charge in [0.05, 0.1) is 37.0 Å². The first-order valence-electron chi connectivity index (χ1n) is 9.87. The van der Waals surface area contributed by atoms with E-state index >= 15 is 0 Å². The summed E-state index contributed by atoms with van der Waals surface area (Å²) in [7, 11) is 1.33. The molecule has 4 rings (SSSR count). The second kappa shape index (κ2) is 8.30. The molecule has 0 spiro atoms. The molecule has 2 aromatic rings. The first kappa shape index (κ1) is 20.1. The topological polar surface area (TPSA) is 86.5 Å². The lowest BCUT2D eigenvalue weighted by atomic mass is 9.99. The number of quaternary nitrogens is 1. The predicted octanol–water partition coefficient (Wildman–Crippen LogP) is 1.52. The van der Waals surface area contributed by atoms with E-state index in [2.05, 4.69) is 0 Å². The molecule has 0 aliphatic carbocycles. The van der Waals surface area contributed by atoms with Gasteiger partial charge >= 0.3 is 5.97 Å². The molecule has 2 heterocycles. The van der Waals surface area contributed by atoms with Crippen LogP contribution in [0.4, 0.5) is 0 Å². The number of allylic oxidation sites excluding steroid dienone is 1. The van der Waals surface area contributed by atoms with Gasteiger partial charge in [-0.15, -0.1) is 0 Å². The number of carbonyl (C=O) groups is 2. The maximum Gasteiger partial charge on any atom is 0.337 e. The Balaban J connectivity index is 1.64. The van der Waals surface area contributed by atoms with E-state index in [1.54, 1.807) is 43.3 Å². The third kappa shape index (κ3) is 3.81. The molecule has 0 radical (unpaired) electrons. The fourth-order valence-corrected chi connectivity index (χ4v) is 3.82. The van der Waals surface area contributed by atoms with Crippen LogP contribution < -0.4 is 9.64 Å². The molecule has 2 N–H and O–H groups in total. The molecule has 1 fully saturated rings. The molecular formula is C23H24NO6+. The number of Topliss-reactive ketones (excluding diaryl/α,β-unsaturated/α-hetero) is 1.